The number of nitrogens with one attached hydrogen (secondary N) is 2. The highest BCUT2D eigenvalue weighted by Crippen LogP contribution is 2.14. The average molecular weight is 230 g/mol. The van der Waals surface area contributed by atoms with Gasteiger partial charge in [-0.25, -0.2) is 4.79 Å². The largest absolute Gasteiger partial charge is 0.480 e. The van der Waals surface area contributed by atoms with Crippen LogP contribution in [-0.2, 0) is 10.5 Å². The van der Waals surface area contributed by atoms with Crippen molar-refractivity contribution in [3.05, 3.63) is 32.6 Å². The summed E-state index contributed by atoms with van der Waals surface area (Å²) >= 11 is 1.13. The van der Waals surface area contributed by atoms with E-state index in [-0.39, 0.29) is 5.75 Å². The quantitative estimate of drug-likeness (QED) is 0.663. The fraction of sp³-hybridized carbons (Fsp3) is 0.375. The molecule has 7 heteroatoms. The van der Waals surface area contributed by atoms with E-state index in [4.69, 9.17) is 5.11 Å². The first-order valence-corrected chi connectivity index (χ1v) is 5.21. The Kier molecular flexibility index (Phi) is 3.73. The SMILES string of the molecule is C[C@H](SCc1cc(=O)[nH]c(=O)[nH]1)C(=O)O. The van der Waals surface area contributed by atoms with Crippen LogP contribution in [0.1, 0.15) is 12.6 Å². The highest BCUT2D eigenvalue weighted by atomic mass is 32.2. The van der Waals surface area contributed by atoms with E-state index >= 15 is 0 Å². The lowest BCUT2D eigenvalue weighted by atomic mass is 10.4. The van der Waals surface area contributed by atoms with Crippen LogP contribution in [0.4, 0.5) is 0 Å². The van der Waals surface area contributed by atoms with Gasteiger partial charge in [0.25, 0.3) is 5.56 Å². The number of thioether (sulfide) groups is 1. The topological polar surface area (TPSA) is 103 Å². The molecule has 0 aliphatic carbocycles. The van der Waals surface area contributed by atoms with Crippen LogP contribution in [0, 0.1) is 0 Å². The highest BCUT2D eigenvalue weighted by Gasteiger charge is 2.11. The van der Waals surface area contributed by atoms with Crippen molar-refractivity contribution in [2.24, 2.45) is 0 Å². The van der Waals surface area contributed by atoms with Gasteiger partial charge in [-0.05, 0) is 6.92 Å². The monoisotopic (exact) mass is 230 g/mol. The van der Waals surface area contributed by atoms with Crippen molar-refractivity contribution in [2.75, 3.05) is 0 Å². The molecule has 1 heterocycles. The maximum atomic E-state index is 10.9. The first-order valence-electron chi connectivity index (χ1n) is 4.16. The first-order chi connectivity index (χ1) is 6.99. The van der Waals surface area contributed by atoms with Crippen LogP contribution in [-0.4, -0.2) is 26.3 Å². The van der Waals surface area contributed by atoms with Gasteiger partial charge in [0.2, 0.25) is 0 Å². The summed E-state index contributed by atoms with van der Waals surface area (Å²) in [6.07, 6.45) is 0. The molecule has 1 rings (SSSR count). The molecule has 0 aromatic carbocycles. The van der Waals surface area contributed by atoms with Crippen molar-refractivity contribution in [3.63, 3.8) is 0 Å². The number of carboxylic acid groups (broad SMARTS) is 1. The van der Waals surface area contributed by atoms with Crippen molar-refractivity contribution >= 4 is 17.7 Å². The lowest BCUT2D eigenvalue weighted by molar-refractivity contribution is -0.136. The molecule has 1 aromatic heterocycles. The predicted octanol–water partition coefficient (Wildman–Crippen LogP) is -0.231. The Morgan fingerprint density at radius 3 is 2.73 bits per heavy atom. The van der Waals surface area contributed by atoms with Gasteiger partial charge in [0.15, 0.2) is 0 Å². The molecule has 0 bridgehead atoms. The minimum atomic E-state index is -0.924. The minimum absolute atomic E-state index is 0.284. The molecular formula is C8H10N2O4S. The number of hydrogen-bond donors (Lipinski definition) is 3. The van der Waals surface area contributed by atoms with Crippen molar-refractivity contribution in [2.45, 2.75) is 17.9 Å². The molecule has 82 valence electrons. The van der Waals surface area contributed by atoms with Gasteiger partial charge < -0.3 is 10.1 Å². The summed E-state index contributed by atoms with van der Waals surface area (Å²) in [5, 5.41) is 8.03. The molecular weight excluding hydrogens is 220 g/mol. The number of hydrogen-bond acceptors (Lipinski definition) is 4. The van der Waals surface area contributed by atoms with Crippen LogP contribution in [0.5, 0.6) is 0 Å². The molecule has 0 unspecified atom stereocenters. The molecule has 0 saturated heterocycles. The fourth-order valence-corrected chi connectivity index (χ4v) is 1.61. The molecule has 1 aromatic rings. The van der Waals surface area contributed by atoms with E-state index in [1.54, 1.807) is 0 Å². The standard InChI is InChI=1S/C8H10N2O4S/c1-4(7(12)13)15-3-5-2-6(11)10-8(14)9-5/h2,4H,3H2,1H3,(H,12,13)(H2,9,10,11,14)/t4-/m0/s1. The van der Waals surface area contributed by atoms with Crippen LogP contribution < -0.4 is 11.2 Å². The van der Waals surface area contributed by atoms with Gasteiger partial charge in [-0.2, -0.15) is 0 Å². The van der Waals surface area contributed by atoms with Gasteiger partial charge in [0, 0.05) is 17.5 Å². The second-order valence-corrected chi connectivity index (χ2v) is 4.23. The maximum absolute atomic E-state index is 10.9. The number of aromatic amines is 2. The zero-order chi connectivity index (χ0) is 11.4. The molecule has 0 aliphatic heterocycles. The minimum Gasteiger partial charge on any atom is -0.480 e. The third kappa shape index (κ3) is 3.62. The van der Waals surface area contributed by atoms with Crippen LogP contribution >= 0.6 is 11.8 Å². The van der Waals surface area contributed by atoms with Crippen LogP contribution in [0.15, 0.2) is 15.7 Å². The summed E-state index contributed by atoms with van der Waals surface area (Å²) in [4.78, 5) is 36.7. The highest BCUT2D eigenvalue weighted by molar-refractivity contribution is 7.99. The molecule has 1 atom stereocenters. The molecule has 0 amide bonds. The number of aliphatic carboxylic acids is 1. The van der Waals surface area contributed by atoms with E-state index in [0.29, 0.717) is 5.69 Å². The zero-order valence-corrected chi connectivity index (χ0v) is 8.76. The lowest BCUT2D eigenvalue weighted by Crippen LogP contribution is -2.23. The first kappa shape index (κ1) is 11.6. The van der Waals surface area contributed by atoms with E-state index < -0.39 is 22.5 Å². The Labute approximate surface area is 88.7 Å². The number of H-pyrrole nitrogens is 2. The van der Waals surface area contributed by atoms with E-state index in [0.717, 1.165) is 11.8 Å². The molecule has 0 saturated carbocycles. The Hall–Kier alpha value is -1.50. The smallest absolute Gasteiger partial charge is 0.325 e. The van der Waals surface area contributed by atoms with Crippen molar-refractivity contribution < 1.29 is 9.90 Å². The number of carbonyl (C=O) groups is 1. The molecule has 0 aliphatic rings. The Bertz CT molecular complexity index is 436. The van der Waals surface area contributed by atoms with E-state index in [2.05, 4.69) is 4.98 Å². The van der Waals surface area contributed by atoms with Gasteiger partial charge in [-0.3, -0.25) is 14.6 Å². The molecule has 6 nitrogen and oxygen atoms in total. The van der Waals surface area contributed by atoms with Crippen LogP contribution in [0.2, 0.25) is 0 Å². The van der Waals surface area contributed by atoms with E-state index in [1.165, 1.54) is 13.0 Å². The number of carboxylic acids is 1. The Balaban J connectivity index is 2.70. The van der Waals surface area contributed by atoms with E-state index in [9.17, 15) is 14.4 Å². The van der Waals surface area contributed by atoms with Gasteiger partial charge in [-0.1, -0.05) is 0 Å². The van der Waals surface area contributed by atoms with Crippen molar-refractivity contribution in [1.82, 2.24) is 9.97 Å². The van der Waals surface area contributed by atoms with Crippen molar-refractivity contribution in [1.29, 1.82) is 0 Å². The van der Waals surface area contributed by atoms with Gasteiger partial charge in [-0.15, -0.1) is 11.8 Å². The predicted molar refractivity (Wildman–Crippen MR) is 56.1 cm³/mol. The third-order valence-corrected chi connectivity index (χ3v) is 2.83. The molecule has 0 spiro atoms. The molecule has 0 radical (unpaired) electrons. The molecule has 0 fully saturated rings. The Morgan fingerprint density at radius 2 is 2.20 bits per heavy atom. The third-order valence-electron chi connectivity index (χ3n) is 1.65. The average Bonchev–Trinajstić information content (AvgIpc) is 2.12. The van der Waals surface area contributed by atoms with Crippen LogP contribution in [0.3, 0.4) is 0 Å². The summed E-state index contributed by atoms with van der Waals surface area (Å²) in [6.45, 7) is 1.54. The summed E-state index contributed by atoms with van der Waals surface area (Å²) < 4.78 is 0. The normalized spacial score (nSPS) is 12.3. The summed E-state index contributed by atoms with van der Waals surface area (Å²) in [5.41, 5.74) is -0.653. The molecule has 15 heavy (non-hydrogen) atoms. The summed E-state index contributed by atoms with van der Waals surface area (Å²) in [5.74, 6) is -0.640. The van der Waals surface area contributed by atoms with Crippen molar-refractivity contribution in [3.8, 4) is 0 Å². The Morgan fingerprint density at radius 1 is 1.53 bits per heavy atom. The zero-order valence-electron chi connectivity index (χ0n) is 7.94. The second-order valence-electron chi connectivity index (χ2n) is 2.90. The van der Waals surface area contributed by atoms with Gasteiger partial charge in [0.05, 0.1) is 5.25 Å². The second kappa shape index (κ2) is 4.83. The lowest BCUT2D eigenvalue weighted by Gasteiger charge is -2.04. The fourth-order valence-electron chi connectivity index (χ4n) is 0.883. The summed E-state index contributed by atoms with van der Waals surface area (Å²) in [6, 6.07) is 1.24. The molecule has 3 N–H and O–H groups in total. The maximum Gasteiger partial charge on any atom is 0.325 e. The summed E-state index contributed by atoms with van der Waals surface area (Å²) in [7, 11) is 0. The number of aromatic nitrogens is 2. The number of rotatable bonds is 4. The van der Waals surface area contributed by atoms with Gasteiger partial charge in [0.1, 0.15) is 0 Å². The van der Waals surface area contributed by atoms with Crippen LogP contribution in [0.25, 0.3) is 0 Å². The van der Waals surface area contributed by atoms with Gasteiger partial charge >= 0.3 is 11.7 Å². The van der Waals surface area contributed by atoms with E-state index in [1.807, 2.05) is 4.98 Å².